The summed E-state index contributed by atoms with van der Waals surface area (Å²) in [5.74, 6) is 1.06. The lowest BCUT2D eigenvalue weighted by Gasteiger charge is -2.14. The highest BCUT2D eigenvalue weighted by molar-refractivity contribution is 7.19. The molecule has 0 amide bonds. The number of hydrogen-bond acceptors (Lipinski definition) is 6. The van der Waals surface area contributed by atoms with Gasteiger partial charge in [-0.2, -0.15) is 0 Å². The van der Waals surface area contributed by atoms with Gasteiger partial charge >= 0.3 is 0 Å². The Morgan fingerprint density at radius 2 is 1.68 bits per heavy atom. The highest BCUT2D eigenvalue weighted by Crippen LogP contribution is 2.42. The van der Waals surface area contributed by atoms with E-state index in [0.29, 0.717) is 44.1 Å². The van der Waals surface area contributed by atoms with Gasteiger partial charge in [0.1, 0.15) is 4.88 Å². The molecule has 6 nitrogen and oxygen atoms in total. The molecule has 0 spiro atoms. The second-order valence-corrected chi connectivity index (χ2v) is 9.53. The predicted molar refractivity (Wildman–Crippen MR) is 150 cm³/mol. The van der Waals surface area contributed by atoms with Crippen LogP contribution < -0.4 is 10.5 Å². The van der Waals surface area contributed by atoms with Gasteiger partial charge < -0.3 is 4.42 Å². The molecule has 0 radical (unpaired) electrons. The van der Waals surface area contributed by atoms with E-state index in [-0.39, 0.29) is 5.56 Å². The van der Waals surface area contributed by atoms with Gasteiger partial charge in [-0.15, -0.1) is 0 Å². The number of benzene rings is 3. The zero-order valence-corrected chi connectivity index (χ0v) is 21.0. The number of para-hydroxylation sites is 1. The third-order valence-corrected chi connectivity index (χ3v) is 7.16. The van der Waals surface area contributed by atoms with Crippen LogP contribution in [-0.4, -0.2) is 14.5 Å². The molecule has 3 aromatic heterocycles. The normalized spacial score (nSPS) is 11.1. The average molecular weight is 523 g/mol. The van der Waals surface area contributed by atoms with E-state index in [1.54, 1.807) is 40.1 Å². The molecule has 3 heterocycles. The maximum Gasteiger partial charge on any atom is 0.266 e. The van der Waals surface area contributed by atoms with Crippen molar-refractivity contribution in [1.82, 2.24) is 14.5 Å². The fraction of sp³-hybridized carbons (Fsp3) is 0. The molecular formula is C29H19ClN4O2S. The number of aromatic nitrogens is 3. The Balaban J connectivity index is 1.68. The van der Waals surface area contributed by atoms with Crippen LogP contribution in [0.5, 0.6) is 0 Å². The fourth-order valence-corrected chi connectivity index (χ4v) is 5.34. The zero-order valence-electron chi connectivity index (χ0n) is 19.4. The van der Waals surface area contributed by atoms with Crippen LogP contribution in [-0.2, 0) is 0 Å². The van der Waals surface area contributed by atoms with Crippen LogP contribution in [0.2, 0.25) is 5.02 Å². The highest BCUT2D eigenvalue weighted by Gasteiger charge is 2.24. The number of fused-ring (bicyclic) bond motifs is 1. The molecule has 37 heavy (non-hydrogen) atoms. The first-order chi connectivity index (χ1) is 18.1. The SMILES string of the molecule is C=CN(c1ccco1)c1nc(-c2ccccc2)c(-c2nc3ccccc3c(=O)n2-c2ccc(Cl)cc2)s1. The van der Waals surface area contributed by atoms with Crippen molar-refractivity contribution in [3.8, 4) is 27.6 Å². The summed E-state index contributed by atoms with van der Waals surface area (Å²) in [4.78, 5) is 26.3. The second kappa shape index (κ2) is 9.54. The Kier molecular flexibility index (Phi) is 5.92. The number of furan rings is 1. The van der Waals surface area contributed by atoms with Crippen molar-refractivity contribution in [1.29, 1.82) is 0 Å². The lowest BCUT2D eigenvalue weighted by molar-refractivity contribution is 0.573. The summed E-state index contributed by atoms with van der Waals surface area (Å²) in [7, 11) is 0. The number of anilines is 2. The predicted octanol–water partition coefficient (Wildman–Crippen LogP) is 7.70. The standard InChI is InChI=1S/C29H19ClN4O2S/c1-2-33(24-13-8-18-36-24)29-32-25(19-9-4-3-5-10-19)26(37-29)27-31-23-12-7-6-11-22(23)28(35)34(27)21-16-14-20(30)15-17-21/h2-18H,1H2. The first-order valence-electron chi connectivity index (χ1n) is 11.4. The number of halogens is 1. The molecule has 0 fully saturated rings. The smallest absolute Gasteiger partial charge is 0.266 e. The maximum absolute atomic E-state index is 13.9. The summed E-state index contributed by atoms with van der Waals surface area (Å²) >= 11 is 7.57. The van der Waals surface area contributed by atoms with Crippen molar-refractivity contribution in [3.63, 3.8) is 0 Å². The summed E-state index contributed by atoms with van der Waals surface area (Å²) in [6, 6.07) is 28.0. The molecule has 0 saturated carbocycles. The van der Waals surface area contributed by atoms with Gasteiger partial charge in [-0.25, -0.2) is 9.97 Å². The van der Waals surface area contributed by atoms with Crippen LogP contribution in [0.1, 0.15) is 0 Å². The van der Waals surface area contributed by atoms with E-state index in [4.69, 9.17) is 26.0 Å². The van der Waals surface area contributed by atoms with Crippen molar-refractivity contribution in [2.45, 2.75) is 0 Å². The fourth-order valence-electron chi connectivity index (χ4n) is 4.14. The van der Waals surface area contributed by atoms with E-state index < -0.39 is 0 Å². The largest absolute Gasteiger partial charge is 0.448 e. The number of rotatable bonds is 6. The van der Waals surface area contributed by atoms with Crippen LogP contribution in [0, 0.1) is 0 Å². The summed E-state index contributed by atoms with van der Waals surface area (Å²) in [6.07, 6.45) is 3.25. The molecule has 0 saturated heterocycles. The van der Waals surface area contributed by atoms with Gasteiger partial charge in [0.05, 0.1) is 28.5 Å². The van der Waals surface area contributed by atoms with E-state index >= 15 is 0 Å². The quantitative estimate of drug-likeness (QED) is 0.224. The molecule has 0 N–H and O–H groups in total. The van der Waals surface area contributed by atoms with Crippen molar-refractivity contribution in [2.75, 3.05) is 4.90 Å². The van der Waals surface area contributed by atoms with Crippen LogP contribution in [0.25, 0.3) is 38.5 Å². The number of nitrogens with zero attached hydrogens (tertiary/aromatic N) is 4. The monoisotopic (exact) mass is 522 g/mol. The minimum Gasteiger partial charge on any atom is -0.448 e. The second-order valence-electron chi connectivity index (χ2n) is 8.11. The molecule has 0 atom stereocenters. The third-order valence-electron chi connectivity index (χ3n) is 5.86. The molecule has 0 aliphatic rings. The molecule has 0 unspecified atom stereocenters. The summed E-state index contributed by atoms with van der Waals surface area (Å²) in [5, 5.41) is 1.73. The third kappa shape index (κ3) is 4.14. The zero-order chi connectivity index (χ0) is 25.4. The first-order valence-corrected chi connectivity index (χ1v) is 12.6. The first kappa shape index (κ1) is 23.0. The van der Waals surface area contributed by atoms with Crippen molar-refractivity contribution < 1.29 is 4.42 Å². The topological polar surface area (TPSA) is 64.2 Å². The van der Waals surface area contributed by atoms with Crippen molar-refractivity contribution in [2.24, 2.45) is 0 Å². The molecule has 6 rings (SSSR count). The van der Waals surface area contributed by atoms with E-state index in [2.05, 4.69) is 6.58 Å². The Hall–Kier alpha value is -4.46. The molecule has 180 valence electrons. The Morgan fingerprint density at radius 1 is 0.919 bits per heavy atom. The van der Waals surface area contributed by atoms with Crippen LogP contribution in [0.3, 0.4) is 0 Å². The van der Waals surface area contributed by atoms with Gasteiger partial charge in [0.2, 0.25) is 5.88 Å². The van der Waals surface area contributed by atoms with E-state index in [0.717, 1.165) is 10.4 Å². The van der Waals surface area contributed by atoms with Gasteiger partial charge in [0.15, 0.2) is 11.0 Å². The lowest BCUT2D eigenvalue weighted by atomic mass is 10.1. The number of hydrogen-bond donors (Lipinski definition) is 0. The molecule has 3 aromatic carbocycles. The van der Waals surface area contributed by atoms with Crippen LogP contribution in [0.15, 0.2) is 119 Å². The Morgan fingerprint density at radius 3 is 2.41 bits per heavy atom. The minimum absolute atomic E-state index is 0.177. The summed E-state index contributed by atoms with van der Waals surface area (Å²) < 4.78 is 7.24. The van der Waals surface area contributed by atoms with Gasteiger partial charge in [0, 0.05) is 22.9 Å². The van der Waals surface area contributed by atoms with Crippen LogP contribution in [0.4, 0.5) is 11.0 Å². The van der Waals surface area contributed by atoms with Crippen molar-refractivity contribution in [3.05, 3.63) is 125 Å². The maximum atomic E-state index is 13.9. The Labute approximate surface area is 221 Å². The van der Waals surface area contributed by atoms with Gasteiger partial charge in [-0.3, -0.25) is 14.3 Å². The van der Waals surface area contributed by atoms with E-state index in [1.807, 2.05) is 72.8 Å². The summed E-state index contributed by atoms with van der Waals surface area (Å²) in [5.41, 5.74) is 2.68. The van der Waals surface area contributed by atoms with Gasteiger partial charge in [-0.1, -0.05) is 72.0 Å². The molecular weight excluding hydrogens is 504 g/mol. The van der Waals surface area contributed by atoms with Crippen molar-refractivity contribution >= 4 is 44.9 Å². The molecule has 8 heteroatoms. The molecule has 6 aromatic rings. The highest BCUT2D eigenvalue weighted by atomic mass is 35.5. The number of thiazole rings is 1. The van der Waals surface area contributed by atoms with Crippen LogP contribution >= 0.6 is 22.9 Å². The summed E-state index contributed by atoms with van der Waals surface area (Å²) in [6.45, 7) is 3.96. The average Bonchev–Trinajstić information content (AvgIpc) is 3.62. The minimum atomic E-state index is -0.177. The van der Waals surface area contributed by atoms with E-state index in [9.17, 15) is 4.79 Å². The molecule has 0 aliphatic heterocycles. The molecule has 0 bridgehead atoms. The van der Waals surface area contributed by atoms with Gasteiger partial charge in [0.25, 0.3) is 5.56 Å². The van der Waals surface area contributed by atoms with Gasteiger partial charge in [-0.05, 0) is 42.5 Å². The molecule has 0 aliphatic carbocycles. The Bertz CT molecular complexity index is 1780. The van der Waals surface area contributed by atoms with E-state index in [1.165, 1.54) is 11.3 Å². The lowest BCUT2D eigenvalue weighted by Crippen LogP contribution is -2.21.